The van der Waals surface area contributed by atoms with Crippen LogP contribution >= 0.6 is 0 Å². The topological polar surface area (TPSA) is 29.5 Å². The lowest BCUT2D eigenvalue weighted by Crippen LogP contribution is -2.29. The average Bonchev–Trinajstić information content (AvgIpc) is 2.78. The number of carbonyl (C=O) groups excluding carboxylic acids is 1. The first-order valence-corrected chi connectivity index (χ1v) is 6.29. The van der Waals surface area contributed by atoms with Crippen molar-refractivity contribution in [1.82, 2.24) is 4.90 Å². The first kappa shape index (κ1) is 12.7. The fourth-order valence-electron chi connectivity index (χ4n) is 2.26. The molecule has 0 aromatic heterocycles. The lowest BCUT2D eigenvalue weighted by molar-refractivity contribution is 0.103. The third kappa shape index (κ3) is 2.92. The van der Waals surface area contributed by atoms with Gasteiger partial charge >= 0.3 is 6.09 Å². The van der Waals surface area contributed by atoms with E-state index < -0.39 is 0 Å². The minimum atomic E-state index is -0.227. The van der Waals surface area contributed by atoms with Gasteiger partial charge in [-0.2, -0.15) is 0 Å². The maximum Gasteiger partial charge on any atom is 0.410 e. The molecule has 18 heavy (non-hydrogen) atoms. The van der Waals surface area contributed by atoms with Crippen LogP contribution in [0, 0.1) is 11.8 Å². The zero-order chi connectivity index (χ0) is 13.0. The highest BCUT2D eigenvalue weighted by atomic mass is 16.6. The van der Waals surface area contributed by atoms with Crippen molar-refractivity contribution in [2.45, 2.75) is 13.5 Å². The van der Waals surface area contributed by atoms with E-state index in [1.54, 1.807) is 4.90 Å². The van der Waals surface area contributed by atoms with Crippen LogP contribution < -0.4 is 0 Å². The minimum Gasteiger partial charge on any atom is -0.445 e. The number of amides is 1. The van der Waals surface area contributed by atoms with Crippen LogP contribution in [0.2, 0.25) is 0 Å². The Labute approximate surface area is 108 Å². The predicted octanol–water partition coefficient (Wildman–Crippen LogP) is 3.08. The normalized spacial score (nSPS) is 22.8. The molecule has 0 unspecified atom stereocenters. The third-order valence-corrected chi connectivity index (χ3v) is 3.44. The second-order valence-electron chi connectivity index (χ2n) is 4.82. The Kier molecular flexibility index (Phi) is 4.03. The van der Waals surface area contributed by atoms with Crippen LogP contribution in [-0.2, 0) is 11.3 Å². The van der Waals surface area contributed by atoms with E-state index in [-0.39, 0.29) is 6.09 Å². The molecule has 0 bridgehead atoms. The highest BCUT2D eigenvalue weighted by molar-refractivity contribution is 5.68. The van der Waals surface area contributed by atoms with Crippen LogP contribution in [0.3, 0.4) is 0 Å². The molecule has 1 aliphatic rings. The Balaban J connectivity index is 1.84. The van der Waals surface area contributed by atoms with E-state index >= 15 is 0 Å². The van der Waals surface area contributed by atoms with Crippen molar-refractivity contribution in [3.05, 3.63) is 48.6 Å². The van der Waals surface area contributed by atoms with Gasteiger partial charge in [0, 0.05) is 13.1 Å². The van der Waals surface area contributed by atoms with Gasteiger partial charge in [-0.05, 0) is 17.4 Å². The first-order chi connectivity index (χ1) is 8.70. The monoisotopic (exact) mass is 245 g/mol. The van der Waals surface area contributed by atoms with Gasteiger partial charge in [0.2, 0.25) is 0 Å². The van der Waals surface area contributed by atoms with Crippen LogP contribution in [0.5, 0.6) is 0 Å². The van der Waals surface area contributed by atoms with Gasteiger partial charge in [0.1, 0.15) is 6.61 Å². The maximum absolute atomic E-state index is 11.9. The lowest BCUT2D eigenvalue weighted by Gasteiger charge is -2.15. The summed E-state index contributed by atoms with van der Waals surface area (Å²) in [5.41, 5.74) is 1.01. The number of carbonyl (C=O) groups is 1. The van der Waals surface area contributed by atoms with Gasteiger partial charge in [0.25, 0.3) is 0 Å². The van der Waals surface area contributed by atoms with E-state index in [4.69, 9.17) is 4.74 Å². The van der Waals surface area contributed by atoms with Gasteiger partial charge in [-0.3, -0.25) is 0 Å². The molecule has 3 heteroatoms. The van der Waals surface area contributed by atoms with Crippen molar-refractivity contribution >= 4 is 6.09 Å². The molecule has 0 aliphatic carbocycles. The fraction of sp³-hybridized carbons (Fsp3) is 0.400. The second kappa shape index (κ2) is 5.71. The van der Waals surface area contributed by atoms with Gasteiger partial charge in [0.15, 0.2) is 0 Å². The molecule has 1 amide bonds. The summed E-state index contributed by atoms with van der Waals surface area (Å²) >= 11 is 0. The number of likely N-dealkylation sites (tertiary alicyclic amines) is 1. The Morgan fingerprint density at radius 2 is 2.17 bits per heavy atom. The number of benzene rings is 1. The molecule has 1 fully saturated rings. The van der Waals surface area contributed by atoms with E-state index in [1.807, 2.05) is 36.4 Å². The molecule has 0 saturated carbocycles. The van der Waals surface area contributed by atoms with Gasteiger partial charge in [-0.1, -0.05) is 43.3 Å². The molecule has 1 aromatic carbocycles. The number of hydrogen-bond acceptors (Lipinski definition) is 2. The van der Waals surface area contributed by atoms with Crippen molar-refractivity contribution in [2.75, 3.05) is 13.1 Å². The standard InChI is InChI=1S/C15H19NO2/c1-3-14-10-16(9-12(14)2)15(17)18-11-13-7-5-4-6-8-13/h3-8,12,14H,1,9-11H2,2H3/t12-,14-/m1/s1. The van der Waals surface area contributed by atoms with Crippen LogP contribution in [0.1, 0.15) is 12.5 Å². The number of rotatable bonds is 3. The largest absolute Gasteiger partial charge is 0.445 e. The van der Waals surface area contributed by atoms with Gasteiger partial charge in [0.05, 0.1) is 0 Å². The average molecular weight is 245 g/mol. The van der Waals surface area contributed by atoms with Crippen molar-refractivity contribution in [3.8, 4) is 0 Å². The molecule has 1 aromatic rings. The minimum absolute atomic E-state index is 0.227. The van der Waals surface area contributed by atoms with Gasteiger partial charge in [-0.25, -0.2) is 4.79 Å². The van der Waals surface area contributed by atoms with E-state index in [1.165, 1.54) is 0 Å². The zero-order valence-corrected chi connectivity index (χ0v) is 10.7. The van der Waals surface area contributed by atoms with Crippen molar-refractivity contribution in [1.29, 1.82) is 0 Å². The van der Waals surface area contributed by atoms with E-state index in [2.05, 4.69) is 13.5 Å². The molecular weight excluding hydrogens is 226 g/mol. The zero-order valence-electron chi connectivity index (χ0n) is 10.7. The molecule has 0 spiro atoms. The van der Waals surface area contributed by atoms with Crippen LogP contribution in [0.25, 0.3) is 0 Å². The molecule has 2 atom stereocenters. The molecule has 0 N–H and O–H groups in total. The molecule has 3 nitrogen and oxygen atoms in total. The summed E-state index contributed by atoms with van der Waals surface area (Å²) in [6, 6.07) is 9.73. The van der Waals surface area contributed by atoms with E-state index in [9.17, 15) is 4.79 Å². The smallest absolute Gasteiger partial charge is 0.410 e. The summed E-state index contributed by atoms with van der Waals surface area (Å²) in [4.78, 5) is 13.7. The molecule has 1 heterocycles. The number of ether oxygens (including phenoxy) is 1. The Morgan fingerprint density at radius 1 is 1.44 bits per heavy atom. The quantitative estimate of drug-likeness (QED) is 0.766. The van der Waals surface area contributed by atoms with Crippen LogP contribution in [-0.4, -0.2) is 24.1 Å². The molecular formula is C15H19NO2. The van der Waals surface area contributed by atoms with Gasteiger partial charge in [-0.15, -0.1) is 6.58 Å². The van der Waals surface area contributed by atoms with Crippen molar-refractivity contribution in [2.24, 2.45) is 11.8 Å². The first-order valence-electron chi connectivity index (χ1n) is 6.29. The van der Waals surface area contributed by atoms with Crippen molar-refractivity contribution in [3.63, 3.8) is 0 Å². The van der Waals surface area contributed by atoms with E-state index in [0.717, 1.165) is 18.7 Å². The highest BCUT2D eigenvalue weighted by Crippen LogP contribution is 2.24. The summed E-state index contributed by atoms with van der Waals surface area (Å²) in [7, 11) is 0. The molecule has 2 rings (SSSR count). The molecule has 1 aliphatic heterocycles. The second-order valence-corrected chi connectivity index (χ2v) is 4.82. The SMILES string of the molecule is C=C[C@@H]1CN(C(=O)OCc2ccccc2)C[C@H]1C. The number of nitrogens with zero attached hydrogens (tertiary/aromatic N) is 1. The summed E-state index contributed by atoms with van der Waals surface area (Å²) in [5, 5.41) is 0. The summed E-state index contributed by atoms with van der Waals surface area (Å²) in [6.07, 6.45) is 1.70. The van der Waals surface area contributed by atoms with Gasteiger partial charge < -0.3 is 9.64 Å². The third-order valence-electron chi connectivity index (χ3n) is 3.44. The van der Waals surface area contributed by atoms with Crippen LogP contribution in [0.15, 0.2) is 43.0 Å². The van der Waals surface area contributed by atoms with Crippen LogP contribution in [0.4, 0.5) is 4.79 Å². The Hall–Kier alpha value is -1.77. The Bertz CT molecular complexity index is 416. The highest BCUT2D eigenvalue weighted by Gasteiger charge is 2.31. The lowest BCUT2D eigenvalue weighted by atomic mass is 9.99. The number of hydrogen-bond donors (Lipinski definition) is 0. The summed E-state index contributed by atoms with van der Waals surface area (Å²) < 4.78 is 5.31. The fourth-order valence-corrected chi connectivity index (χ4v) is 2.26. The Morgan fingerprint density at radius 3 is 2.78 bits per heavy atom. The predicted molar refractivity (Wildman–Crippen MR) is 71.1 cm³/mol. The summed E-state index contributed by atoms with van der Waals surface area (Å²) in [6.45, 7) is 7.75. The van der Waals surface area contributed by atoms with E-state index in [0.29, 0.717) is 18.4 Å². The maximum atomic E-state index is 11.9. The summed E-state index contributed by atoms with van der Waals surface area (Å²) in [5.74, 6) is 0.848. The van der Waals surface area contributed by atoms with Crippen molar-refractivity contribution < 1.29 is 9.53 Å². The molecule has 1 saturated heterocycles. The molecule has 96 valence electrons. The molecule has 0 radical (unpaired) electrons.